The van der Waals surface area contributed by atoms with Crippen LogP contribution < -0.4 is 5.32 Å². The second-order valence-corrected chi connectivity index (χ2v) is 14.9. The van der Waals surface area contributed by atoms with Crippen LogP contribution in [0.4, 0.5) is 0 Å². The molecule has 0 aliphatic rings. The highest BCUT2D eigenvalue weighted by atomic mass is 16.5. The Bertz CT molecular complexity index is 1080. The van der Waals surface area contributed by atoms with E-state index >= 15 is 0 Å². The van der Waals surface area contributed by atoms with E-state index in [2.05, 4.69) is 56.5 Å². The molecule has 0 aliphatic carbocycles. The number of carbonyl (C=O) groups is 2. The zero-order valence-corrected chi connectivity index (χ0v) is 35.5. The number of aliphatic hydroxyl groups excluding tert-OH is 2. The zero-order chi connectivity index (χ0) is 40.3. The number of allylic oxidation sites excluding steroid dienone is 14. The van der Waals surface area contributed by atoms with Crippen molar-refractivity contribution in [2.24, 2.45) is 0 Å². The lowest BCUT2D eigenvalue weighted by molar-refractivity contribution is -0.151. The minimum Gasteiger partial charge on any atom is -0.462 e. The maximum absolute atomic E-state index is 13.1. The summed E-state index contributed by atoms with van der Waals surface area (Å²) >= 11 is 0. The molecule has 0 radical (unpaired) electrons. The van der Waals surface area contributed by atoms with Crippen molar-refractivity contribution in [3.05, 3.63) is 85.1 Å². The Labute approximate surface area is 338 Å². The predicted molar refractivity (Wildman–Crippen MR) is 236 cm³/mol. The number of nitrogens with one attached hydrogen (secondary N) is 1. The number of ether oxygens (including phenoxy) is 1. The van der Waals surface area contributed by atoms with E-state index < -0.39 is 18.2 Å². The van der Waals surface area contributed by atoms with Crippen LogP contribution in [0.1, 0.15) is 188 Å². The molecule has 55 heavy (non-hydrogen) atoms. The summed E-state index contributed by atoms with van der Waals surface area (Å²) in [4.78, 5) is 25.9. The first-order valence-electron chi connectivity index (χ1n) is 22.4. The van der Waals surface area contributed by atoms with Crippen LogP contribution in [-0.4, -0.2) is 46.9 Å². The summed E-state index contributed by atoms with van der Waals surface area (Å²) in [7, 11) is 0. The number of rotatable bonds is 38. The lowest BCUT2D eigenvalue weighted by atomic mass is 10.0. The van der Waals surface area contributed by atoms with E-state index in [9.17, 15) is 19.8 Å². The van der Waals surface area contributed by atoms with E-state index in [0.717, 1.165) is 83.5 Å². The van der Waals surface area contributed by atoms with E-state index in [1.165, 1.54) is 57.8 Å². The van der Waals surface area contributed by atoms with Crippen molar-refractivity contribution in [3.63, 3.8) is 0 Å². The molecule has 0 saturated carbocycles. The fourth-order valence-corrected chi connectivity index (χ4v) is 6.21. The largest absolute Gasteiger partial charge is 0.462 e. The second-order valence-electron chi connectivity index (χ2n) is 14.9. The number of esters is 1. The standard InChI is InChI=1S/C49H83NO5/c1-4-7-10-13-16-19-21-22-23-24-25-26-27-30-33-36-39-42-49(54)55-45(40-37-34-31-28-18-15-12-9-6-3)43-48(53)50-46(44-51)47(52)41-38-35-32-29-20-17-14-11-8-5-2/h7,10,13,15-16,18-19,21-27,45-47,51-52H,4-6,8-9,11-12,14,17,20,28-44H2,1-3H3,(H,50,53)/b10-7-,16-13+,18-15-,21-19+,23-22-,25-24+,27-26+. The van der Waals surface area contributed by atoms with Gasteiger partial charge in [-0.15, -0.1) is 0 Å². The molecule has 0 spiro atoms. The van der Waals surface area contributed by atoms with Crippen molar-refractivity contribution in [3.8, 4) is 0 Å². The van der Waals surface area contributed by atoms with Crippen molar-refractivity contribution in [2.45, 2.75) is 206 Å². The first-order chi connectivity index (χ1) is 27.0. The molecule has 3 N–H and O–H groups in total. The van der Waals surface area contributed by atoms with Crippen LogP contribution in [-0.2, 0) is 14.3 Å². The van der Waals surface area contributed by atoms with Gasteiger partial charge < -0.3 is 20.3 Å². The van der Waals surface area contributed by atoms with Gasteiger partial charge >= 0.3 is 5.97 Å². The molecule has 0 bridgehead atoms. The van der Waals surface area contributed by atoms with Crippen molar-refractivity contribution in [2.75, 3.05) is 6.61 Å². The summed E-state index contributed by atoms with van der Waals surface area (Å²) < 4.78 is 5.86. The topological polar surface area (TPSA) is 95.9 Å². The average molecular weight is 766 g/mol. The molecule has 3 unspecified atom stereocenters. The molecule has 6 heteroatoms. The number of amides is 1. The number of aliphatic hydroxyl groups is 2. The summed E-state index contributed by atoms with van der Waals surface area (Å²) in [5.74, 6) is -0.554. The quantitative estimate of drug-likeness (QED) is 0.0252. The molecule has 0 heterocycles. The third-order valence-electron chi connectivity index (χ3n) is 9.62. The first-order valence-corrected chi connectivity index (χ1v) is 22.4. The van der Waals surface area contributed by atoms with Crippen LogP contribution in [0.15, 0.2) is 85.1 Å². The molecular formula is C49H83NO5. The number of unbranched alkanes of at least 4 members (excludes halogenated alkanes) is 17. The molecule has 314 valence electrons. The minimum atomic E-state index is -0.801. The zero-order valence-electron chi connectivity index (χ0n) is 35.5. The van der Waals surface area contributed by atoms with Gasteiger partial charge in [0.2, 0.25) is 5.91 Å². The van der Waals surface area contributed by atoms with Crippen molar-refractivity contribution < 1.29 is 24.5 Å². The van der Waals surface area contributed by atoms with Crippen LogP contribution >= 0.6 is 0 Å². The van der Waals surface area contributed by atoms with E-state index in [0.29, 0.717) is 19.3 Å². The van der Waals surface area contributed by atoms with Crippen LogP contribution in [0, 0.1) is 0 Å². The Kier molecular flexibility index (Phi) is 39.9. The SMILES string of the molecule is CC\C=C/C=C/C=C/C=C\C=C\C=C\CCCCCC(=O)OC(CCCCC/C=C\CCCC)CC(=O)NC(CO)C(O)CCCCCCCCCCCC. The number of carbonyl (C=O) groups excluding carboxylic acids is 2. The Morgan fingerprint density at radius 1 is 0.545 bits per heavy atom. The fourth-order valence-electron chi connectivity index (χ4n) is 6.21. The first kappa shape index (κ1) is 52.0. The summed E-state index contributed by atoms with van der Waals surface area (Å²) in [6, 6.07) is -0.717. The normalized spacial score (nSPS) is 14.2. The molecule has 3 atom stereocenters. The Hall–Kier alpha value is -2.96. The maximum Gasteiger partial charge on any atom is 0.306 e. The second kappa shape index (κ2) is 42.2. The molecule has 6 nitrogen and oxygen atoms in total. The predicted octanol–water partition coefficient (Wildman–Crippen LogP) is 12.8. The molecule has 0 aromatic carbocycles. The van der Waals surface area contributed by atoms with E-state index in [4.69, 9.17) is 4.74 Å². The summed E-state index contributed by atoms with van der Waals surface area (Å²) in [5, 5.41) is 23.6. The van der Waals surface area contributed by atoms with Crippen molar-refractivity contribution >= 4 is 11.9 Å². The average Bonchev–Trinajstić information content (AvgIpc) is 3.18. The Morgan fingerprint density at radius 2 is 1.02 bits per heavy atom. The van der Waals surface area contributed by atoms with E-state index in [1.807, 2.05) is 54.7 Å². The summed E-state index contributed by atoms with van der Waals surface area (Å²) in [5.41, 5.74) is 0. The summed E-state index contributed by atoms with van der Waals surface area (Å²) in [6.07, 6.45) is 53.5. The highest BCUT2D eigenvalue weighted by molar-refractivity contribution is 5.77. The molecule has 0 aromatic rings. The van der Waals surface area contributed by atoms with Gasteiger partial charge in [-0.3, -0.25) is 9.59 Å². The Morgan fingerprint density at radius 3 is 1.60 bits per heavy atom. The van der Waals surface area contributed by atoms with Crippen molar-refractivity contribution in [1.29, 1.82) is 0 Å². The van der Waals surface area contributed by atoms with Gasteiger partial charge in [0, 0.05) is 6.42 Å². The smallest absolute Gasteiger partial charge is 0.306 e. The molecule has 0 fully saturated rings. The molecule has 0 saturated heterocycles. The van der Waals surface area contributed by atoms with E-state index in [1.54, 1.807) is 0 Å². The van der Waals surface area contributed by atoms with Crippen LogP contribution in [0.5, 0.6) is 0 Å². The highest BCUT2D eigenvalue weighted by Crippen LogP contribution is 2.16. The van der Waals surface area contributed by atoms with Gasteiger partial charge in [-0.05, 0) is 64.2 Å². The number of hydrogen-bond donors (Lipinski definition) is 3. The number of hydrogen-bond acceptors (Lipinski definition) is 5. The lowest BCUT2D eigenvalue weighted by Crippen LogP contribution is -2.46. The lowest BCUT2D eigenvalue weighted by Gasteiger charge is -2.24. The molecular weight excluding hydrogens is 683 g/mol. The Balaban J connectivity index is 4.66. The fraction of sp³-hybridized carbons (Fsp3) is 0.673. The van der Waals surface area contributed by atoms with Crippen molar-refractivity contribution in [1.82, 2.24) is 5.32 Å². The van der Waals surface area contributed by atoms with Crippen LogP contribution in [0.3, 0.4) is 0 Å². The van der Waals surface area contributed by atoms with Gasteiger partial charge in [-0.25, -0.2) is 0 Å². The van der Waals surface area contributed by atoms with E-state index in [-0.39, 0.29) is 24.9 Å². The highest BCUT2D eigenvalue weighted by Gasteiger charge is 2.24. The maximum atomic E-state index is 13.1. The van der Waals surface area contributed by atoms with Gasteiger partial charge in [0.15, 0.2) is 0 Å². The van der Waals surface area contributed by atoms with Crippen LogP contribution in [0.25, 0.3) is 0 Å². The third kappa shape index (κ3) is 37.7. The minimum absolute atomic E-state index is 0.0433. The molecule has 0 rings (SSSR count). The van der Waals surface area contributed by atoms with Gasteiger partial charge in [0.25, 0.3) is 0 Å². The van der Waals surface area contributed by atoms with Gasteiger partial charge in [-0.1, -0.05) is 196 Å². The molecule has 0 aromatic heterocycles. The monoisotopic (exact) mass is 766 g/mol. The summed E-state index contributed by atoms with van der Waals surface area (Å²) in [6.45, 7) is 6.24. The van der Waals surface area contributed by atoms with Crippen LogP contribution in [0.2, 0.25) is 0 Å². The molecule has 0 aliphatic heterocycles. The van der Waals surface area contributed by atoms with Gasteiger partial charge in [0.05, 0.1) is 25.2 Å². The van der Waals surface area contributed by atoms with Gasteiger partial charge in [0.1, 0.15) is 6.10 Å². The molecule has 1 amide bonds. The van der Waals surface area contributed by atoms with Gasteiger partial charge in [-0.2, -0.15) is 0 Å². The third-order valence-corrected chi connectivity index (χ3v) is 9.62.